The zero-order chi connectivity index (χ0) is 15.9. The first kappa shape index (κ1) is 15.8. The van der Waals surface area contributed by atoms with Gasteiger partial charge in [0, 0.05) is 13.1 Å². The molecule has 0 aliphatic carbocycles. The first-order valence-electron chi connectivity index (χ1n) is 7.42. The van der Waals surface area contributed by atoms with Crippen LogP contribution in [0, 0.1) is 10.1 Å². The molecule has 0 fully saturated rings. The van der Waals surface area contributed by atoms with Crippen molar-refractivity contribution in [1.29, 1.82) is 0 Å². The van der Waals surface area contributed by atoms with Crippen LogP contribution in [0.15, 0.2) is 48.5 Å². The lowest BCUT2D eigenvalue weighted by Crippen LogP contribution is -2.23. The fourth-order valence-corrected chi connectivity index (χ4v) is 2.45. The van der Waals surface area contributed by atoms with Gasteiger partial charge in [0.25, 0.3) is 5.69 Å². The highest BCUT2D eigenvalue weighted by atomic mass is 16.6. The largest absolute Gasteiger partial charge is 0.367 e. The molecule has 0 unspecified atom stereocenters. The Hall–Kier alpha value is -2.62. The molecule has 0 atom stereocenters. The molecule has 0 saturated heterocycles. The first-order chi connectivity index (χ1) is 10.7. The lowest BCUT2D eigenvalue weighted by molar-refractivity contribution is -0.384. The molecule has 0 spiro atoms. The third kappa shape index (κ3) is 3.52. The van der Waals surface area contributed by atoms with Gasteiger partial charge in [-0.15, -0.1) is 0 Å². The molecule has 0 aromatic heterocycles. The van der Waals surface area contributed by atoms with Gasteiger partial charge in [0.1, 0.15) is 5.69 Å². The molecule has 4 heteroatoms. The highest BCUT2D eigenvalue weighted by molar-refractivity contribution is 5.80. The predicted molar refractivity (Wildman–Crippen MR) is 92.0 cm³/mol. The number of hydrogen-bond donors (Lipinski definition) is 0. The van der Waals surface area contributed by atoms with Crippen LogP contribution in [0.3, 0.4) is 0 Å². The van der Waals surface area contributed by atoms with Crippen LogP contribution >= 0.6 is 0 Å². The summed E-state index contributed by atoms with van der Waals surface area (Å²) in [5.41, 5.74) is 2.48. The maximum absolute atomic E-state index is 11.5. The second-order valence-electron chi connectivity index (χ2n) is 4.89. The van der Waals surface area contributed by atoms with Gasteiger partial charge in [0.15, 0.2) is 0 Å². The lowest BCUT2D eigenvalue weighted by Gasteiger charge is -2.21. The van der Waals surface area contributed by atoms with E-state index in [9.17, 15) is 10.1 Å². The third-order valence-corrected chi connectivity index (χ3v) is 3.59. The molecule has 0 aliphatic heterocycles. The van der Waals surface area contributed by atoms with E-state index in [-0.39, 0.29) is 10.6 Å². The zero-order valence-electron chi connectivity index (χ0n) is 12.9. The van der Waals surface area contributed by atoms with Gasteiger partial charge in [-0.05, 0) is 37.6 Å². The summed E-state index contributed by atoms with van der Waals surface area (Å²) >= 11 is 0. The molecule has 22 heavy (non-hydrogen) atoms. The zero-order valence-corrected chi connectivity index (χ0v) is 12.9. The van der Waals surface area contributed by atoms with Crippen LogP contribution in [0.4, 0.5) is 11.4 Å². The minimum Gasteiger partial charge on any atom is -0.367 e. The highest BCUT2D eigenvalue weighted by Crippen LogP contribution is 2.32. The smallest absolute Gasteiger partial charge is 0.299 e. The second-order valence-corrected chi connectivity index (χ2v) is 4.89. The molecule has 4 nitrogen and oxygen atoms in total. The molecule has 0 amide bonds. The topological polar surface area (TPSA) is 46.4 Å². The molecule has 0 radical (unpaired) electrons. The van der Waals surface area contributed by atoms with Crippen molar-refractivity contribution in [2.75, 3.05) is 18.0 Å². The number of rotatable bonds is 6. The van der Waals surface area contributed by atoms with Crippen LogP contribution in [0.2, 0.25) is 0 Å². The maximum atomic E-state index is 11.5. The number of nitro groups is 1. The molecule has 2 rings (SSSR count). The summed E-state index contributed by atoms with van der Waals surface area (Å²) in [5.74, 6) is 0. The second kappa shape index (κ2) is 7.41. The quantitative estimate of drug-likeness (QED) is 0.444. The van der Waals surface area contributed by atoms with Gasteiger partial charge in [-0.25, -0.2) is 0 Å². The van der Waals surface area contributed by atoms with Crippen molar-refractivity contribution in [3.05, 3.63) is 69.8 Å². The van der Waals surface area contributed by atoms with E-state index in [1.807, 2.05) is 67.3 Å². The van der Waals surface area contributed by atoms with E-state index in [4.69, 9.17) is 0 Å². The Balaban J connectivity index is 2.45. The van der Waals surface area contributed by atoms with Crippen LogP contribution in [0.5, 0.6) is 0 Å². The normalized spacial score (nSPS) is 10.8. The minimum absolute atomic E-state index is 0.165. The molecule has 114 valence electrons. The van der Waals surface area contributed by atoms with E-state index in [2.05, 4.69) is 0 Å². The van der Waals surface area contributed by atoms with Crippen LogP contribution < -0.4 is 4.90 Å². The standard InChI is InChI=1S/C18H20N2O2/c1-3-19(4-2)17-12-8-11-16(18(17)20(21)22)14-13-15-9-6-5-7-10-15/h5-14H,3-4H2,1-2H3. The Morgan fingerprint density at radius 1 is 1.00 bits per heavy atom. The lowest BCUT2D eigenvalue weighted by atomic mass is 10.1. The average molecular weight is 296 g/mol. The molecule has 2 aromatic carbocycles. The van der Waals surface area contributed by atoms with Gasteiger partial charge in [0.2, 0.25) is 0 Å². The summed E-state index contributed by atoms with van der Waals surface area (Å²) in [6.45, 7) is 5.48. The van der Waals surface area contributed by atoms with E-state index in [0.29, 0.717) is 11.3 Å². The van der Waals surface area contributed by atoms with Gasteiger partial charge < -0.3 is 4.90 Å². The maximum Gasteiger partial charge on any atom is 0.299 e. The van der Waals surface area contributed by atoms with Gasteiger partial charge in [0.05, 0.1) is 10.5 Å². The number of nitro benzene ring substituents is 1. The van der Waals surface area contributed by atoms with Gasteiger partial charge >= 0.3 is 0 Å². The van der Waals surface area contributed by atoms with Crippen molar-refractivity contribution in [3.8, 4) is 0 Å². The van der Waals surface area contributed by atoms with Crippen molar-refractivity contribution in [2.24, 2.45) is 0 Å². The Labute approximate surface area is 130 Å². The average Bonchev–Trinajstić information content (AvgIpc) is 2.55. The first-order valence-corrected chi connectivity index (χ1v) is 7.42. The molecule has 0 heterocycles. The van der Waals surface area contributed by atoms with Crippen molar-refractivity contribution in [2.45, 2.75) is 13.8 Å². The molecule has 0 bridgehead atoms. The summed E-state index contributed by atoms with van der Waals surface area (Å²) in [4.78, 5) is 13.2. The van der Waals surface area contributed by atoms with E-state index in [1.165, 1.54) is 0 Å². The predicted octanol–water partition coefficient (Wildman–Crippen LogP) is 4.61. The van der Waals surface area contributed by atoms with Gasteiger partial charge in [-0.1, -0.05) is 42.5 Å². The molecule has 0 saturated carbocycles. The van der Waals surface area contributed by atoms with E-state index in [0.717, 1.165) is 18.7 Å². The number of nitrogens with zero attached hydrogens (tertiary/aromatic N) is 2. The number of benzene rings is 2. The number of anilines is 1. The Morgan fingerprint density at radius 2 is 1.68 bits per heavy atom. The fraction of sp³-hybridized carbons (Fsp3) is 0.222. The number of hydrogen-bond acceptors (Lipinski definition) is 3. The van der Waals surface area contributed by atoms with Crippen LogP contribution in [-0.2, 0) is 0 Å². The summed E-state index contributed by atoms with van der Waals surface area (Å²) in [6.07, 6.45) is 3.70. The van der Waals surface area contributed by atoms with Crippen molar-refractivity contribution >= 4 is 23.5 Å². The number of para-hydroxylation sites is 1. The van der Waals surface area contributed by atoms with E-state index >= 15 is 0 Å². The molecular weight excluding hydrogens is 276 g/mol. The van der Waals surface area contributed by atoms with Crippen molar-refractivity contribution in [3.63, 3.8) is 0 Å². The summed E-state index contributed by atoms with van der Waals surface area (Å²) in [6, 6.07) is 15.2. The molecule has 0 aliphatic rings. The fourth-order valence-electron chi connectivity index (χ4n) is 2.45. The van der Waals surface area contributed by atoms with Gasteiger partial charge in [-0.3, -0.25) is 10.1 Å². The Kier molecular flexibility index (Phi) is 5.31. The van der Waals surface area contributed by atoms with Crippen LogP contribution in [0.25, 0.3) is 12.2 Å². The SMILES string of the molecule is CCN(CC)c1cccc(C=Cc2ccccc2)c1[N+](=O)[O-]. The monoisotopic (exact) mass is 296 g/mol. The molecular formula is C18H20N2O2. The van der Waals surface area contributed by atoms with Crippen LogP contribution in [-0.4, -0.2) is 18.0 Å². The van der Waals surface area contributed by atoms with Crippen molar-refractivity contribution in [1.82, 2.24) is 0 Å². The van der Waals surface area contributed by atoms with Crippen LogP contribution in [0.1, 0.15) is 25.0 Å². The van der Waals surface area contributed by atoms with Gasteiger partial charge in [-0.2, -0.15) is 0 Å². The summed E-state index contributed by atoms with van der Waals surface area (Å²) in [5, 5.41) is 11.5. The summed E-state index contributed by atoms with van der Waals surface area (Å²) in [7, 11) is 0. The Morgan fingerprint density at radius 3 is 2.27 bits per heavy atom. The van der Waals surface area contributed by atoms with E-state index < -0.39 is 0 Å². The minimum atomic E-state index is -0.293. The van der Waals surface area contributed by atoms with E-state index in [1.54, 1.807) is 12.1 Å². The third-order valence-electron chi connectivity index (χ3n) is 3.59. The van der Waals surface area contributed by atoms with Crippen molar-refractivity contribution < 1.29 is 4.92 Å². The summed E-state index contributed by atoms with van der Waals surface area (Å²) < 4.78 is 0. The molecule has 2 aromatic rings. The Bertz CT molecular complexity index is 662. The molecule has 0 N–H and O–H groups in total. The highest BCUT2D eigenvalue weighted by Gasteiger charge is 2.21.